The molecule has 0 bridgehead atoms. The van der Waals surface area contributed by atoms with Crippen molar-refractivity contribution in [1.29, 1.82) is 0 Å². The number of aromatic amines is 5. The van der Waals surface area contributed by atoms with Crippen LogP contribution in [-0.2, 0) is 0 Å². The molecule has 0 radical (unpaired) electrons. The highest BCUT2D eigenvalue weighted by Gasteiger charge is 2.18. The minimum atomic E-state index is -0.937. The Bertz CT molecular complexity index is 6430. The number of benzene rings is 10. The quantitative estimate of drug-likeness (QED) is 0.0262. The Morgan fingerprint density at radius 2 is 0.581 bits per heavy atom. The molecule has 5 N–H and O–H groups in total. The van der Waals surface area contributed by atoms with E-state index in [1.807, 2.05) is 113 Å². The predicted molar refractivity (Wildman–Crippen MR) is 497 cm³/mol. The van der Waals surface area contributed by atoms with Gasteiger partial charge < -0.3 is 33.2 Å². The van der Waals surface area contributed by atoms with Gasteiger partial charge in [-0.1, -0.05) is 53.0 Å². The van der Waals surface area contributed by atoms with Gasteiger partial charge in [-0.3, -0.25) is 49.5 Å². The van der Waals surface area contributed by atoms with E-state index in [-0.39, 0.29) is 41.5 Å². The van der Waals surface area contributed by atoms with Gasteiger partial charge in [0.05, 0.1) is 103 Å². The lowest BCUT2D eigenvalue weighted by atomic mass is 10.1. The number of ether oxygens (including phenoxy) is 7. The van der Waals surface area contributed by atoms with E-state index in [1.165, 1.54) is 48.6 Å². The Morgan fingerprint density at radius 3 is 0.891 bits per heavy atom. The lowest BCUT2D eigenvalue weighted by Crippen LogP contribution is -1.96. The van der Waals surface area contributed by atoms with E-state index in [9.17, 15) is 37.1 Å². The summed E-state index contributed by atoms with van der Waals surface area (Å²) in [5.41, 5.74) is 18.3. The molecule has 129 heavy (non-hydrogen) atoms. The molecule has 0 aliphatic carbocycles. The van der Waals surface area contributed by atoms with Crippen molar-refractivity contribution in [3.63, 3.8) is 0 Å². The smallest absolute Gasteiger partial charge is 0.231 e. The summed E-state index contributed by atoms with van der Waals surface area (Å²) in [6.45, 7) is 9.71. The maximum absolute atomic E-state index is 13.3. The van der Waals surface area contributed by atoms with Crippen LogP contribution in [0.3, 0.4) is 0 Å². The molecule has 1 aliphatic rings. The summed E-state index contributed by atoms with van der Waals surface area (Å²) < 4.78 is 76.0. The van der Waals surface area contributed by atoms with Crippen LogP contribution in [0.5, 0.6) is 40.2 Å². The first kappa shape index (κ1) is 92.7. The van der Waals surface area contributed by atoms with Crippen molar-refractivity contribution in [2.24, 2.45) is 0 Å². The Labute approximate surface area is 755 Å². The maximum Gasteiger partial charge on any atom is 0.231 e. The first-order chi connectivity index (χ1) is 62.2. The molecule has 10 aromatic carbocycles. The number of halogens is 6. The molecule has 0 saturated carbocycles. The van der Waals surface area contributed by atoms with Crippen LogP contribution < -0.4 is 33.2 Å². The molecule has 652 valence electrons. The molecule has 0 spiro atoms. The van der Waals surface area contributed by atoms with Gasteiger partial charge >= 0.3 is 0 Å². The van der Waals surface area contributed by atoms with E-state index < -0.39 is 11.6 Å². The molecule has 0 saturated heterocycles. The molecule has 0 fully saturated rings. The normalized spacial score (nSPS) is 11.3. The number of hydrogen-bond donors (Lipinski definition) is 5. The van der Waals surface area contributed by atoms with Gasteiger partial charge in [-0.25, -0.2) is 13.2 Å². The summed E-state index contributed by atoms with van der Waals surface area (Å²) in [6, 6.07) is 63.6. The molecule has 16 rings (SSSR count). The number of aromatic nitrogens is 10. The zero-order chi connectivity index (χ0) is 91.8. The second-order valence-electron chi connectivity index (χ2n) is 28.8. The van der Waals surface area contributed by atoms with Crippen LogP contribution in [0.1, 0.15) is 108 Å². The number of ketones is 5. The Hall–Kier alpha value is -15.4. The van der Waals surface area contributed by atoms with Crippen LogP contribution in [0, 0.1) is 52.1 Å². The second kappa shape index (κ2) is 43.9. The SMILES string of the molecule is COc1ccc(C(=O)/C=C/c2cc(-c3ccc(Cl)c(Cl)c3)n[nH]2)cc1C.COc1ccc(C(=O)/C=C/c2cc(-c3ccc(Cl)cc3)n[nH]2)cc1C.COc1ccc(C(=O)/C=C/c2cc(-c3ccc(F)c(F)c3)n[nH]2)cc1C.COc1ccc(C(=O)/C=C/c2cc(-c3ccc(F)cc3)n[nH]2)cc1C.COc1ccc(C(=O)/C=C/c2cc(-c3ccc4c(c3)OCO4)n[nH]2)cc1C. The third kappa shape index (κ3) is 25.0. The zero-order valence-electron chi connectivity index (χ0n) is 71.2. The number of fused-ring (bicyclic) bond motifs is 1. The standard InChI is InChI=1S/C21H18N2O4.C20H16Cl2N2O2.C20H17ClN2O2.C20H16F2N2O2.C20H17FN2O2/c1-13-9-15(4-7-19(13)25-2)18(24)6-5-16-11-17(23-22-16)14-3-8-20-21(10-14)27-12-26-20;1-12-9-14(4-8-20(12)26-2)19(25)7-5-15-11-18(24-23-15)13-3-6-16(21)17(22)10-13;1-13-11-15(5-10-20(13)25-2)19(24)9-8-17-12-18(23-22-17)14-3-6-16(21)7-4-14;1-12-9-14(4-8-20(12)26-2)19(25)7-5-15-11-18(24-23-15)13-3-6-16(21)17(22)10-13;1-13-11-15(5-10-20(13)25-2)19(24)9-8-17-12-18(23-22-17)14-3-6-16(21)7-4-14/h3-11H,12H2,1-2H3,(H,22,23);3-11H,1-2H3,(H,23,24);3-12H,1-2H3,(H,22,23);3-11H,1-2H3,(H,23,24);3-12H,1-2H3,(H,22,23)/b6-5+;7-5+;9-8+;7-5+;9-8+. The summed E-state index contributed by atoms with van der Waals surface area (Å²) in [5, 5.41) is 37.0. The number of rotatable bonds is 25. The van der Waals surface area contributed by atoms with Gasteiger partial charge in [0.15, 0.2) is 52.0 Å². The number of nitrogens with one attached hydrogen (secondary N) is 5. The van der Waals surface area contributed by atoms with Crippen LogP contribution in [0.15, 0.2) is 255 Å². The monoisotopic (exact) mass is 1790 g/mol. The van der Waals surface area contributed by atoms with Gasteiger partial charge in [-0.05, 0) is 329 Å². The van der Waals surface area contributed by atoms with Crippen LogP contribution in [-0.4, -0.2) is 122 Å². The summed E-state index contributed by atoms with van der Waals surface area (Å²) in [4.78, 5) is 61.6. The Balaban J connectivity index is 0.000000146. The molecule has 5 aromatic heterocycles. The first-order valence-electron chi connectivity index (χ1n) is 39.7. The molecule has 0 unspecified atom stereocenters. The highest BCUT2D eigenvalue weighted by atomic mass is 35.5. The predicted octanol–water partition coefficient (Wildman–Crippen LogP) is 23.6. The topological polar surface area (TPSA) is 293 Å². The molecule has 1 aliphatic heterocycles. The van der Waals surface area contributed by atoms with E-state index in [2.05, 4.69) is 51.0 Å². The van der Waals surface area contributed by atoms with Gasteiger partial charge in [0.2, 0.25) is 6.79 Å². The fourth-order valence-electron chi connectivity index (χ4n) is 12.9. The van der Waals surface area contributed by atoms with Crippen LogP contribution in [0.4, 0.5) is 13.2 Å². The second-order valence-corrected chi connectivity index (χ2v) is 30.0. The Morgan fingerprint density at radius 1 is 0.302 bits per heavy atom. The third-order valence-electron chi connectivity index (χ3n) is 19.8. The van der Waals surface area contributed by atoms with Crippen LogP contribution in [0.2, 0.25) is 15.1 Å². The summed E-state index contributed by atoms with van der Waals surface area (Å²) in [6.07, 6.45) is 15.8. The molecule has 22 nitrogen and oxygen atoms in total. The highest BCUT2D eigenvalue weighted by Crippen LogP contribution is 2.37. The van der Waals surface area contributed by atoms with Crippen molar-refractivity contribution >= 4 is 94.1 Å². The Kier molecular flexibility index (Phi) is 31.6. The number of allylic oxidation sites excluding steroid dienone is 5. The van der Waals surface area contributed by atoms with Gasteiger partial charge in [0.25, 0.3) is 0 Å². The largest absolute Gasteiger partial charge is 0.496 e. The van der Waals surface area contributed by atoms with Crippen molar-refractivity contribution in [3.05, 3.63) is 371 Å². The van der Waals surface area contributed by atoms with Crippen molar-refractivity contribution in [2.75, 3.05) is 42.3 Å². The number of carbonyl (C=O) groups excluding carboxylic acids is 5. The molecule has 6 heterocycles. The molecular weight excluding hydrogens is 1710 g/mol. The number of aryl methyl sites for hydroxylation is 5. The summed E-state index contributed by atoms with van der Waals surface area (Å²) >= 11 is 17.9. The zero-order valence-corrected chi connectivity index (χ0v) is 73.5. The van der Waals surface area contributed by atoms with Crippen molar-refractivity contribution in [1.82, 2.24) is 51.0 Å². The highest BCUT2D eigenvalue weighted by molar-refractivity contribution is 6.42. The number of carbonyl (C=O) groups is 5. The molecule has 0 atom stereocenters. The summed E-state index contributed by atoms with van der Waals surface area (Å²) in [7, 11) is 8.00. The minimum Gasteiger partial charge on any atom is -0.496 e. The van der Waals surface area contributed by atoms with Gasteiger partial charge in [-0.2, -0.15) is 25.5 Å². The lowest BCUT2D eigenvalue weighted by molar-refractivity contribution is 0.103. The van der Waals surface area contributed by atoms with Gasteiger partial charge in [0.1, 0.15) is 34.6 Å². The number of nitrogens with zero attached hydrogens (tertiary/aromatic N) is 5. The van der Waals surface area contributed by atoms with E-state index >= 15 is 0 Å². The number of H-pyrrole nitrogens is 5. The van der Waals surface area contributed by atoms with Crippen molar-refractivity contribution in [2.45, 2.75) is 34.6 Å². The lowest BCUT2D eigenvalue weighted by Gasteiger charge is -2.05. The van der Waals surface area contributed by atoms with Crippen LogP contribution >= 0.6 is 34.8 Å². The van der Waals surface area contributed by atoms with E-state index in [0.29, 0.717) is 82.7 Å². The van der Waals surface area contributed by atoms with E-state index in [0.717, 1.165) is 125 Å². The average molecular weight is 1790 g/mol. The fourth-order valence-corrected chi connectivity index (χ4v) is 13.3. The van der Waals surface area contributed by atoms with Crippen molar-refractivity contribution in [3.8, 4) is 96.5 Å². The average Bonchev–Trinajstić information content (AvgIpc) is 1.69. The molecule has 15 aromatic rings. The summed E-state index contributed by atoms with van der Waals surface area (Å²) in [5.74, 6) is 2.51. The third-order valence-corrected chi connectivity index (χ3v) is 20.8. The first-order valence-corrected chi connectivity index (χ1v) is 40.8. The van der Waals surface area contributed by atoms with Crippen LogP contribution in [0.25, 0.3) is 86.7 Å². The minimum absolute atomic E-state index is 0.0756. The van der Waals surface area contributed by atoms with E-state index in [4.69, 9.17) is 68.0 Å². The molecular formula is C101H84Cl3F3N10O12. The maximum atomic E-state index is 13.3. The fraction of sp³-hybridized carbons (Fsp3) is 0.109. The molecule has 28 heteroatoms. The van der Waals surface area contributed by atoms with Crippen molar-refractivity contribution < 1.29 is 70.3 Å². The van der Waals surface area contributed by atoms with Gasteiger partial charge in [-0.15, -0.1) is 0 Å². The number of methoxy groups -OCH3 is 5. The van der Waals surface area contributed by atoms with Gasteiger partial charge in [0, 0.05) is 60.7 Å². The molecule has 0 amide bonds. The number of hydrogen-bond acceptors (Lipinski definition) is 17. The van der Waals surface area contributed by atoms with E-state index in [1.54, 1.807) is 181 Å².